The van der Waals surface area contributed by atoms with E-state index in [1.54, 1.807) is 38.3 Å². The van der Waals surface area contributed by atoms with Crippen molar-refractivity contribution < 1.29 is 19.1 Å². The van der Waals surface area contributed by atoms with Crippen LogP contribution in [0.1, 0.15) is 21.5 Å². The van der Waals surface area contributed by atoms with E-state index in [0.29, 0.717) is 11.3 Å². The minimum atomic E-state index is -0.544. The van der Waals surface area contributed by atoms with Gasteiger partial charge in [-0.2, -0.15) is 0 Å². The number of methoxy groups -OCH3 is 1. The number of rotatable bonds is 7. The number of ether oxygens (including phenoxy) is 2. The summed E-state index contributed by atoms with van der Waals surface area (Å²) >= 11 is 0. The molecule has 2 rings (SSSR count). The maximum absolute atomic E-state index is 12.2. The van der Waals surface area contributed by atoms with E-state index >= 15 is 0 Å². The van der Waals surface area contributed by atoms with Gasteiger partial charge >= 0.3 is 0 Å². The second-order valence-electron chi connectivity index (χ2n) is 5.21. The summed E-state index contributed by atoms with van der Waals surface area (Å²) in [6, 6.07) is 12.4. The van der Waals surface area contributed by atoms with Gasteiger partial charge in [0.05, 0.1) is 7.11 Å². The molecule has 0 unspecified atom stereocenters. The number of primary amides is 1. The Kier molecular flexibility index (Phi) is 5.73. The number of allylic oxidation sites excluding steroid dienone is 1. The Hall–Kier alpha value is -3.08. The summed E-state index contributed by atoms with van der Waals surface area (Å²) in [4.78, 5) is 23.0. The number of hydrogen-bond acceptors (Lipinski definition) is 4. The van der Waals surface area contributed by atoms with Gasteiger partial charge in [-0.15, -0.1) is 0 Å². The van der Waals surface area contributed by atoms with Crippen LogP contribution < -0.4 is 15.2 Å². The lowest BCUT2D eigenvalue weighted by Crippen LogP contribution is -2.20. The van der Waals surface area contributed by atoms with Crippen LogP contribution in [0.25, 0.3) is 6.08 Å². The van der Waals surface area contributed by atoms with Crippen molar-refractivity contribution in [2.45, 2.75) is 6.92 Å². The Labute approximate surface area is 140 Å². The molecule has 0 atom stereocenters. The summed E-state index contributed by atoms with van der Waals surface area (Å²) in [5.74, 6) is 0.637. The fourth-order valence-corrected chi connectivity index (χ4v) is 2.10. The molecule has 124 valence electrons. The lowest BCUT2D eigenvalue weighted by atomic mass is 10.1. The minimum absolute atomic E-state index is 0.115. The monoisotopic (exact) mass is 325 g/mol. The predicted molar refractivity (Wildman–Crippen MR) is 92.2 cm³/mol. The zero-order valence-electron chi connectivity index (χ0n) is 13.6. The fraction of sp³-hybridized carbons (Fsp3) is 0.158. The summed E-state index contributed by atoms with van der Waals surface area (Å²) in [5, 5.41) is 0. The molecule has 5 nitrogen and oxygen atoms in total. The van der Waals surface area contributed by atoms with Crippen molar-refractivity contribution in [1.29, 1.82) is 0 Å². The first-order valence-corrected chi connectivity index (χ1v) is 7.38. The molecule has 0 spiro atoms. The molecular formula is C19H19NO4. The van der Waals surface area contributed by atoms with Gasteiger partial charge in [-0.25, -0.2) is 0 Å². The van der Waals surface area contributed by atoms with Crippen molar-refractivity contribution in [1.82, 2.24) is 0 Å². The van der Waals surface area contributed by atoms with Crippen LogP contribution >= 0.6 is 0 Å². The van der Waals surface area contributed by atoms with Crippen molar-refractivity contribution in [3.63, 3.8) is 0 Å². The average molecular weight is 325 g/mol. The van der Waals surface area contributed by atoms with E-state index in [1.807, 2.05) is 24.3 Å². The first-order valence-electron chi connectivity index (χ1n) is 7.38. The molecule has 5 heteroatoms. The normalized spacial score (nSPS) is 10.6. The van der Waals surface area contributed by atoms with Crippen LogP contribution in [0.2, 0.25) is 0 Å². The molecule has 1 amide bonds. The standard InChI is InChI=1S/C19H19NO4/c1-13-11-15(6-10-18(13)24-12-19(20)22)17(21)9-5-14-3-7-16(23-2)8-4-14/h3-11H,12H2,1-2H3,(H2,20,22)/b9-5+. The van der Waals surface area contributed by atoms with Crippen molar-refractivity contribution in [2.75, 3.05) is 13.7 Å². The zero-order chi connectivity index (χ0) is 17.5. The van der Waals surface area contributed by atoms with Gasteiger partial charge in [0.1, 0.15) is 11.5 Å². The molecule has 24 heavy (non-hydrogen) atoms. The van der Waals surface area contributed by atoms with Crippen LogP contribution in [-0.4, -0.2) is 25.4 Å². The van der Waals surface area contributed by atoms with E-state index in [-0.39, 0.29) is 12.4 Å². The van der Waals surface area contributed by atoms with Crippen molar-refractivity contribution in [3.05, 3.63) is 65.2 Å². The van der Waals surface area contributed by atoms with Gasteiger partial charge in [-0.3, -0.25) is 9.59 Å². The molecule has 2 aromatic carbocycles. The summed E-state index contributed by atoms with van der Waals surface area (Å²) in [6.45, 7) is 1.62. The van der Waals surface area contributed by atoms with Gasteiger partial charge in [0, 0.05) is 5.56 Å². The van der Waals surface area contributed by atoms with Crippen LogP contribution in [0.3, 0.4) is 0 Å². The number of amides is 1. The molecule has 0 bridgehead atoms. The van der Waals surface area contributed by atoms with Crippen molar-refractivity contribution in [2.24, 2.45) is 5.73 Å². The van der Waals surface area contributed by atoms with Gasteiger partial charge in [0.15, 0.2) is 12.4 Å². The molecule has 0 aliphatic rings. The van der Waals surface area contributed by atoms with Crippen molar-refractivity contribution in [3.8, 4) is 11.5 Å². The molecule has 2 aromatic rings. The number of aryl methyl sites for hydroxylation is 1. The SMILES string of the molecule is COc1ccc(/C=C/C(=O)c2ccc(OCC(N)=O)c(C)c2)cc1. The second-order valence-corrected chi connectivity index (χ2v) is 5.21. The number of carbonyl (C=O) groups excluding carboxylic acids is 2. The molecular weight excluding hydrogens is 306 g/mol. The molecule has 0 fully saturated rings. The third kappa shape index (κ3) is 4.71. The van der Waals surface area contributed by atoms with E-state index in [1.165, 1.54) is 6.08 Å². The maximum Gasteiger partial charge on any atom is 0.255 e. The van der Waals surface area contributed by atoms with Gasteiger partial charge in [0.2, 0.25) is 0 Å². The van der Waals surface area contributed by atoms with E-state index in [4.69, 9.17) is 15.2 Å². The molecule has 0 saturated heterocycles. The quantitative estimate of drug-likeness (QED) is 0.627. The van der Waals surface area contributed by atoms with E-state index < -0.39 is 5.91 Å². The van der Waals surface area contributed by atoms with E-state index in [0.717, 1.165) is 16.9 Å². The van der Waals surface area contributed by atoms with E-state index in [9.17, 15) is 9.59 Å². The summed E-state index contributed by atoms with van der Waals surface area (Å²) in [5.41, 5.74) is 7.26. The first kappa shape index (κ1) is 17.3. The van der Waals surface area contributed by atoms with Crippen molar-refractivity contribution >= 4 is 17.8 Å². The largest absolute Gasteiger partial charge is 0.497 e. The van der Waals surface area contributed by atoms with Gasteiger partial charge in [0.25, 0.3) is 5.91 Å². The molecule has 0 radical (unpaired) electrons. The third-order valence-corrected chi connectivity index (χ3v) is 3.37. The van der Waals surface area contributed by atoms with E-state index in [2.05, 4.69) is 0 Å². The molecule has 0 aromatic heterocycles. The summed E-state index contributed by atoms with van der Waals surface area (Å²) < 4.78 is 10.4. The number of nitrogens with two attached hydrogens (primary N) is 1. The molecule has 0 aliphatic carbocycles. The third-order valence-electron chi connectivity index (χ3n) is 3.37. The number of hydrogen-bond donors (Lipinski definition) is 1. The van der Waals surface area contributed by atoms with Crippen LogP contribution in [0.5, 0.6) is 11.5 Å². The molecule has 2 N–H and O–H groups in total. The lowest BCUT2D eigenvalue weighted by Gasteiger charge is -2.08. The Morgan fingerprint density at radius 3 is 2.42 bits per heavy atom. The molecule has 0 aliphatic heterocycles. The summed E-state index contributed by atoms with van der Waals surface area (Å²) in [7, 11) is 1.60. The van der Waals surface area contributed by atoms with Crippen LogP contribution in [0, 0.1) is 6.92 Å². The maximum atomic E-state index is 12.2. The second kappa shape index (κ2) is 7.97. The smallest absolute Gasteiger partial charge is 0.255 e. The highest BCUT2D eigenvalue weighted by Gasteiger charge is 2.07. The van der Waals surface area contributed by atoms with Gasteiger partial charge in [-0.05, 0) is 54.5 Å². The zero-order valence-corrected chi connectivity index (χ0v) is 13.6. The van der Waals surface area contributed by atoms with Gasteiger partial charge in [-0.1, -0.05) is 18.2 Å². The fourth-order valence-electron chi connectivity index (χ4n) is 2.10. The highest BCUT2D eigenvalue weighted by molar-refractivity contribution is 6.07. The number of ketones is 1. The van der Waals surface area contributed by atoms with Crippen LogP contribution in [0.4, 0.5) is 0 Å². The molecule has 0 heterocycles. The summed E-state index contributed by atoms with van der Waals surface area (Å²) in [6.07, 6.45) is 3.26. The van der Waals surface area contributed by atoms with Gasteiger partial charge < -0.3 is 15.2 Å². The van der Waals surface area contributed by atoms with Crippen LogP contribution in [0.15, 0.2) is 48.5 Å². The number of benzene rings is 2. The Morgan fingerprint density at radius 2 is 1.83 bits per heavy atom. The topological polar surface area (TPSA) is 78.6 Å². The average Bonchev–Trinajstić information content (AvgIpc) is 2.58. The predicted octanol–water partition coefficient (Wildman–Crippen LogP) is 2.76. The highest BCUT2D eigenvalue weighted by Crippen LogP contribution is 2.20. The molecule has 0 saturated carbocycles. The Bertz CT molecular complexity index is 763. The number of carbonyl (C=O) groups is 2. The van der Waals surface area contributed by atoms with Crippen LogP contribution in [-0.2, 0) is 4.79 Å². The minimum Gasteiger partial charge on any atom is -0.497 e. The lowest BCUT2D eigenvalue weighted by molar-refractivity contribution is -0.119. The first-order chi connectivity index (χ1) is 11.5. The Balaban J connectivity index is 2.07. The highest BCUT2D eigenvalue weighted by atomic mass is 16.5. The Morgan fingerprint density at radius 1 is 1.12 bits per heavy atom.